The average molecular weight is 252 g/mol. The summed E-state index contributed by atoms with van der Waals surface area (Å²) < 4.78 is 5.92. The summed E-state index contributed by atoms with van der Waals surface area (Å²) in [6, 6.07) is 12.0. The van der Waals surface area contributed by atoms with Crippen molar-refractivity contribution in [2.75, 3.05) is 5.32 Å². The van der Waals surface area contributed by atoms with Crippen molar-refractivity contribution in [2.45, 2.75) is 6.54 Å². The van der Waals surface area contributed by atoms with E-state index in [1.54, 1.807) is 6.26 Å². The maximum atomic E-state index is 5.13. The van der Waals surface area contributed by atoms with E-state index in [4.69, 9.17) is 4.42 Å². The molecule has 0 aliphatic heterocycles. The summed E-state index contributed by atoms with van der Waals surface area (Å²) in [5, 5.41) is 3.30. The lowest BCUT2D eigenvalue weighted by atomic mass is 10.3. The molecule has 0 bridgehead atoms. The van der Waals surface area contributed by atoms with Crippen LogP contribution in [-0.2, 0) is 6.54 Å². The highest BCUT2D eigenvalue weighted by Crippen LogP contribution is 2.18. The summed E-state index contributed by atoms with van der Waals surface area (Å²) in [6.07, 6.45) is 1.67. The lowest BCUT2D eigenvalue weighted by molar-refractivity contribution is 0.537. The Labute approximate surface area is 91.1 Å². The molecule has 1 N–H and O–H groups in total. The number of furan rings is 1. The van der Waals surface area contributed by atoms with Gasteiger partial charge in [0.15, 0.2) is 4.67 Å². The number of nitrogens with one attached hydrogen (secondary N) is 1. The van der Waals surface area contributed by atoms with Gasteiger partial charge in [0.25, 0.3) is 0 Å². The quantitative estimate of drug-likeness (QED) is 0.901. The Morgan fingerprint density at radius 1 is 1.14 bits per heavy atom. The van der Waals surface area contributed by atoms with E-state index < -0.39 is 0 Å². The molecule has 2 rings (SSSR count). The number of halogens is 1. The van der Waals surface area contributed by atoms with Crippen LogP contribution in [0.2, 0.25) is 0 Å². The highest BCUT2D eigenvalue weighted by molar-refractivity contribution is 9.10. The molecule has 0 atom stereocenters. The van der Waals surface area contributed by atoms with Crippen molar-refractivity contribution >= 4 is 21.6 Å². The molecule has 0 aliphatic rings. The van der Waals surface area contributed by atoms with Gasteiger partial charge in [-0.1, -0.05) is 18.2 Å². The van der Waals surface area contributed by atoms with Crippen LogP contribution in [0.1, 0.15) is 5.56 Å². The molecular formula is C11H10BrNO. The summed E-state index contributed by atoms with van der Waals surface area (Å²) in [7, 11) is 0. The zero-order chi connectivity index (χ0) is 9.80. The number of hydrogen-bond donors (Lipinski definition) is 1. The van der Waals surface area contributed by atoms with Gasteiger partial charge in [-0.05, 0) is 34.1 Å². The molecule has 1 aromatic heterocycles. The summed E-state index contributed by atoms with van der Waals surface area (Å²) in [5.74, 6) is 0. The maximum absolute atomic E-state index is 5.13. The van der Waals surface area contributed by atoms with Gasteiger partial charge in [0.2, 0.25) is 0 Å². The van der Waals surface area contributed by atoms with Crippen molar-refractivity contribution in [1.82, 2.24) is 0 Å². The predicted octanol–water partition coefficient (Wildman–Crippen LogP) is 3.65. The van der Waals surface area contributed by atoms with Crippen LogP contribution in [0.5, 0.6) is 0 Å². The first-order valence-corrected chi connectivity index (χ1v) is 5.16. The number of benzene rings is 1. The van der Waals surface area contributed by atoms with Gasteiger partial charge < -0.3 is 9.73 Å². The van der Waals surface area contributed by atoms with Crippen molar-refractivity contribution in [3.05, 3.63) is 52.9 Å². The second-order valence-corrected chi connectivity index (χ2v) is 3.66. The molecule has 0 saturated carbocycles. The minimum atomic E-state index is 0.765. The Kier molecular flexibility index (Phi) is 2.89. The van der Waals surface area contributed by atoms with Gasteiger partial charge in [-0.15, -0.1) is 0 Å². The van der Waals surface area contributed by atoms with E-state index in [1.165, 1.54) is 0 Å². The molecule has 0 unspecified atom stereocenters. The fraction of sp³-hybridized carbons (Fsp3) is 0.0909. The van der Waals surface area contributed by atoms with Gasteiger partial charge >= 0.3 is 0 Å². The van der Waals surface area contributed by atoms with Crippen molar-refractivity contribution in [3.63, 3.8) is 0 Å². The van der Waals surface area contributed by atoms with Crippen LogP contribution >= 0.6 is 15.9 Å². The van der Waals surface area contributed by atoms with Crippen LogP contribution in [0.15, 0.2) is 51.7 Å². The average Bonchev–Trinajstić information content (AvgIpc) is 2.63. The second-order valence-electron chi connectivity index (χ2n) is 2.94. The van der Waals surface area contributed by atoms with Gasteiger partial charge in [-0.2, -0.15) is 0 Å². The third kappa shape index (κ3) is 2.17. The first kappa shape index (κ1) is 9.34. The van der Waals surface area contributed by atoms with Crippen LogP contribution in [0.3, 0.4) is 0 Å². The zero-order valence-corrected chi connectivity index (χ0v) is 9.12. The molecule has 1 heterocycles. The van der Waals surface area contributed by atoms with E-state index in [-0.39, 0.29) is 0 Å². The summed E-state index contributed by atoms with van der Waals surface area (Å²) in [5.41, 5.74) is 2.23. The summed E-state index contributed by atoms with van der Waals surface area (Å²) in [4.78, 5) is 0. The Morgan fingerprint density at radius 3 is 2.57 bits per heavy atom. The third-order valence-corrected chi connectivity index (χ3v) is 2.65. The fourth-order valence-corrected chi connectivity index (χ4v) is 1.58. The number of rotatable bonds is 3. The predicted molar refractivity (Wildman–Crippen MR) is 60.2 cm³/mol. The third-order valence-electron chi connectivity index (χ3n) is 1.95. The monoisotopic (exact) mass is 251 g/mol. The first-order chi connectivity index (χ1) is 6.86. The van der Waals surface area contributed by atoms with E-state index in [0.717, 1.165) is 22.5 Å². The van der Waals surface area contributed by atoms with Gasteiger partial charge in [0.05, 0.1) is 6.26 Å². The minimum Gasteiger partial charge on any atom is -0.457 e. The fourth-order valence-electron chi connectivity index (χ4n) is 1.20. The largest absolute Gasteiger partial charge is 0.457 e. The minimum absolute atomic E-state index is 0.765. The molecule has 72 valence electrons. The lowest BCUT2D eigenvalue weighted by Crippen LogP contribution is -1.97. The number of hydrogen-bond acceptors (Lipinski definition) is 2. The SMILES string of the molecule is Brc1occc1CNc1ccccc1. The molecule has 0 saturated heterocycles. The van der Waals surface area contributed by atoms with Crippen LogP contribution in [0.4, 0.5) is 5.69 Å². The van der Waals surface area contributed by atoms with E-state index in [9.17, 15) is 0 Å². The first-order valence-electron chi connectivity index (χ1n) is 4.37. The molecule has 0 radical (unpaired) electrons. The highest BCUT2D eigenvalue weighted by Gasteiger charge is 2.01. The smallest absolute Gasteiger partial charge is 0.173 e. The van der Waals surface area contributed by atoms with Gasteiger partial charge in [-0.25, -0.2) is 0 Å². The Balaban J connectivity index is 1.99. The second kappa shape index (κ2) is 4.33. The van der Waals surface area contributed by atoms with Gasteiger partial charge in [-0.3, -0.25) is 0 Å². The van der Waals surface area contributed by atoms with Gasteiger partial charge in [0.1, 0.15) is 0 Å². The van der Waals surface area contributed by atoms with E-state index in [0.29, 0.717) is 0 Å². The van der Waals surface area contributed by atoms with Crippen molar-refractivity contribution in [1.29, 1.82) is 0 Å². The molecule has 0 amide bonds. The molecule has 3 heteroatoms. The van der Waals surface area contributed by atoms with E-state index in [2.05, 4.69) is 21.2 Å². The van der Waals surface area contributed by atoms with Crippen LogP contribution in [0, 0.1) is 0 Å². The normalized spacial score (nSPS) is 10.1. The maximum Gasteiger partial charge on any atom is 0.173 e. The Morgan fingerprint density at radius 2 is 1.93 bits per heavy atom. The lowest BCUT2D eigenvalue weighted by Gasteiger charge is -2.03. The molecule has 14 heavy (non-hydrogen) atoms. The Hall–Kier alpha value is -1.22. The molecule has 0 spiro atoms. The summed E-state index contributed by atoms with van der Waals surface area (Å²) in [6.45, 7) is 0.765. The van der Waals surface area contributed by atoms with Gasteiger partial charge in [0, 0.05) is 17.8 Å². The molecule has 0 aliphatic carbocycles. The van der Waals surface area contributed by atoms with Crippen molar-refractivity contribution < 1.29 is 4.42 Å². The molecular weight excluding hydrogens is 242 g/mol. The van der Waals surface area contributed by atoms with Crippen LogP contribution in [-0.4, -0.2) is 0 Å². The molecule has 2 nitrogen and oxygen atoms in total. The molecule has 2 aromatic rings. The van der Waals surface area contributed by atoms with Crippen molar-refractivity contribution in [2.24, 2.45) is 0 Å². The van der Waals surface area contributed by atoms with Crippen molar-refractivity contribution in [3.8, 4) is 0 Å². The number of anilines is 1. The molecule has 1 aromatic carbocycles. The highest BCUT2D eigenvalue weighted by atomic mass is 79.9. The zero-order valence-electron chi connectivity index (χ0n) is 7.53. The standard InChI is InChI=1S/C11H10BrNO/c12-11-9(6-7-14-11)8-13-10-4-2-1-3-5-10/h1-7,13H,8H2. The van der Waals surface area contributed by atoms with Crippen LogP contribution in [0.25, 0.3) is 0 Å². The topological polar surface area (TPSA) is 25.2 Å². The van der Waals surface area contributed by atoms with E-state index >= 15 is 0 Å². The Bertz CT molecular complexity index is 397. The van der Waals surface area contributed by atoms with Crippen LogP contribution < -0.4 is 5.32 Å². The number of para-hydroxylation sites is 1. The molecule has 0 fully saturated rings. The van der Waals surface area contributed by atoms with E-state index in [1.807, 2.05) is 36.4 Å². The summed E-state index contributed by atoms with van der Waals surface area (Å²) >= 11 is 3.33.